The van der Waals surface area contributed by atoms with Crippen molar-refractivity contribution in [3.8, 4) is 0 Å². The van der Waals surface area contributed by atoms with Gasteiger partial charge in [0.15, 0.2) is 9.84 Å². The van der Waals surface area contributed by atoms with Crippen LogP contribution in [0.5, 0.6) is 0 Å². The van der Waals surface area contributed by atoms with Gasteiger partial charge in [0.2, 0.25) is 0 Å². The first-order valence-electron chi connectivity index (χ1n) is 5.19. The van der Waals surface area contributed by atoms with Crippen molar-refractivity contribution in [1.82, 2.24) is 0 Å². The average molecular weight is 361 g/mol. The highest BCUT2D eigenvalue weighted by molar-refractivity contribution is 9.10. The third-order valence-electron chi connectivity index (χ3n) is 2.38. The Hall–Kier alpha value is -1.18. The summed E-state index contributed by atoms with van der Waals surface area (Å²) < 4.78 is 25.0. The molecule has 7 heteroatoms. The summed E-state index contributed by atoms with van der Waals surface area (Å²) in [7, 11) is -3.49. The van der Waals surface area contributed by atoms with E-state index in [0.717, 1.165) is 11.3 Å². The summed E-state index contributed by atoms with van der Waals surface area (Å²) in [6.45, 7) is 0. The van der Waals surface area contributed by atoms with Crippen molar-refractivity contribution in [3.05, 3.63) is 50.6 Å². The molecule has 100 valence electrons. The van der Waals surface area contributed by atoms with Crippen LogP contribution < -0.4 is 0 Å². The van der Waals surface area contributed by atoms with Crippen LogP contribution in [0.1, 0.15) is 14.5 Å². The lowest BCUT2D eigenvalue weighted by Gasteiger charge is -2.04. The van der Waals surface area contributed by atoms with Gasteiger partial charge in [-0.25, -0.2) is 13.2 Å². The summed E-state index contributed by atoms with van der Waals surface area (Å²) in [6.07, 6.45) is 0. The molecule has 0 amide bonds. The number of benzene rings is 1. The van der Waals surface area contributed by atoms with Crippen LogP contribution in [-0.4, -0.2) is 19.5 Å². The van der Waals surface area contributed by atoms with Gasteiger partial charge in [0.25, 0.3) is 0 Å². The summed E-state index contributed by atoms with van der Waals surface area (Å²) in [5.74, 6) is -1.25. The van der Waals surface area contributed by atoms with Gasteiger partial charge in [0.05, 0.1) is 10.6 Å². The molecule has 0 atom stereocenters. The van der Waals surface area contributed by atoms with E-state index in [1.54, 1.807) is 18.2 Å². The predicted molar refractivity (Wildman–Crippen MR) is 76.3 cm³/mol. The number of thiophene rings is 1. The molecule has 0 aliphatic carbocycles. The molecule has 2 aromatic rings. The van der Waals surface area contributed by atoms with Gasteiger partial charge in [-0.3, -0.25) is 0 Å². The lowest BCUT2D eigenvalue weighted by Crippen LogP contribution is -2.04. The highest BCUT2D eigenvalue weighted by Gasteiger charge is 2.19. The van der Waals surface area contributed by atoms with Crippen molar-refractivity contribution in [2.24, 2.45) is 0 Å². The van der Waals surface area contributed by atoms with Crippen molar-refractivity contribution >= 4 is 43.1 Å². The molecule has 0 bridgehead atoms. The molecular weight excluding hydrogens is 352 g/mol. The Morgan fingerprint density at radius 1 is 1.21 bits per heavy atom. The van der Waals surface area contributed by atoms with Crippen molar-refractivity contribution in [3.63, 3.8) is 0 Å². The normalized spacial score (nSPS) is 11.4. The Morgan fingerprint density at radius 2 is 1.89 bits per heavy atom. The van der Waals surface area contributed by atoms with Crippen molar-refractivity contribution in [2.45, 2.75) is 10.6 Å². The van der Waals surface area contributed by atoms with Crippen molar-refractivity contribution in [2.75, 3.05) is 0 Å². The maximum absolute atomic E-state index is 12.2. The van der Waals surface area contributed by atoms with Crippen LogP contribution in [0.4, 0.5) is 0 Å². The lowest BCUT2D eigenvalue weighted by molar-refractivity contribution is 0.0702. The highest BCUT2D eigenvalue weighted by Crippen LogP contribution is 2.27. The molecule has 1 N–H and O–H groups in total. The Morgan fingerprint density at radius 3 is 2.47 bits per heavy atom. The molecule has 1 aromatic carbocycles. The molecule has 0 aliphatic rings. The summed E-state index contributed by atoms with van der Waals surface area (Å²) in [4.78, 5) is 11.6. The minimum atomic E-state index is -3.49. The lowest BCUT2D eigenvalue weighted by atomic mass is 10.4. The second kappa shape index (κ2) is 5.44. The van der Waals surface area contributed by atoms with Crippen LogP contribution in [0.2, 0.25) is 0 Å². The van der Waals surface area contributed by atoms with Crippen molar-refractivity contribution in [1.29, 1.82) is 0 Å². The van der Waals surface area contributed by atoms with Gasteiger partial charge in [0, 0.05) is 9.35 Å². The number of aromatic carboxylic acids is 1. The molecule has 19 heavy (non-hydrogen) atoms. The standard InChI is InChI=1S/C12H9BrO4S2/c13-9-3-1-2-4-11(9)19(16,17)7-8-5-6-10(18-8)12(14)15/h1-6H,7H2,(H,14,15). The van der Waals surface area contributed by atoms with E-state index in [1.807, 2.05) is 0 Å². The summed E-state index contributed by atoms with van der Waals surface area (Å²) in [6, 6.07) is 9.50. The van der Waals surface area contributed by atoms with Gasteiger partial charge in [-0.2, -0.15) is 0 Å². The van der Waals surface area contributed by atoms with Crippen LogP contribution in [0.3, 0.4) is 0 Å². The van der Waals surface area contributed by atoms with E-state index in [1.165, 1.54) is 18.2 Å². The minimum Gasteiger partial charge on any atom is -0.477 e. The zero-order valence-corrected chi connectivity index (χ0v) is 12.8. The zero-order chi connectivity index (χ0) is 14.0. The molecule has 1 heterocycles. The summed E-state index contributed by atoms with van der Waals surface area (Å²) in [5, 5.41) is 8.81. The van der Waals surface area contributed by atoms with E-state index in [2.05, 4.69) is 15.9 Å². The molecule has 1 aromatic heterocycles. The van der Waals surface area contributed by atoms with Crippen molar-refractivity contribution < 1.29 is 18.3 Å². The van der Waals surface area contributed by atoms with Crippen LogP contribution in [-0.2, 0) is 15.6 Å². The molecular formula is C12H9BrO4S2. The largest absolute Gasteiger partial charge is 0.477 e. The molecule has 0 aliphatic heterocycles. The van der Waals surface area contributed by atoms with Gasteiger partial charge < -0.3 is 5.11 Å². The summed E-state index contributed by atoms with van der Waals surface area (Å²) in [5.41, 5.74) is 0. The highest BCUT2D eigenvalue weighted by atomic mass is 79.9. The average Bonchev–Trinajstić information content (AvgIpc) is 2.77. The van der Waals surface area contributed by atoms with E-state index in [4.69, 9.17) is 5.11 Å². The number of hydrogen-bond donors (Lipinski definition) is 1. The molecule has 4 nitrogen and oxygen atoms in total. The maximum atomic E-state index is 12.2. The van der Waals surface area contributed by atoms with E-state index < -0.39 is 15.8 Å². The number of carboxylic acid groups (broad SMARTS) is 1. The first kappa shape index (κ1) is 14.2. The monoisotopic (exact) mass is 360 g/mol. The number of halogens is 1. The molecule has 0 radical (unpaired) electrons. The van der Waals surface area contributed by atoms with E-state index in [-0.39, 0.29) is 15.5 Å². The summed E-state index contributed by atoms with van der Waals surface area (Å²) >= 11 is 4.18. The van der Waals surface area contributed by atoms with Crippen LogP contribution in [0, 0.1) is 0 Å². The molecule has 0 unspecified atom stereocenters. The Balaban J connectivity index is 2.31. The third kappa shape index (κ3) is 3.23. The van der Waals surface area contributed by atoms with Gasteiger partial charge in [0.1, 0.15) is 4.88 Å². The second-order valence-electron chi connectivity index (χ2n) is 3.76. The van der Waals surface area contributed by atoms with Crippen LogP contribution in [0.15, 0.2) is 45.8 Å². The maximum Gasteiger partial charge on any atom is 0.345 e. The Labute approximate surface area is 122 Å². The van der Waals surface area contributed by atoms with E-state index >= 15 is 0 Å². The number of carboxylic acids is 1. The van der Waals surface area contributed by atoms with Crippen LogP contribution >= 0.6 is 27.3 Å². The third-order valence-corrected chi connectivity index (χ3v) is 6.30. The Kier molecular flexibility index (Phi) is 4.07. The second-order valence-corrected chi connectivity index (χ2v) is 7.74. The Bertz CT molecular complexity index is 719. The first-order valence-corrected chi connectivity index (χ1v) is 8.45. The molecule has 2 rings (SSSR count). The molecule has 0 saturated heterocycles. The number of sulfone groups is 1. The van der Waals surface area contributed by atoms with E-state index in [9.17, 15) is 13.2 Å². The van der Waals surface area contributed by atoms with Crippen LogP contribution in [0.25, 0.3) is 0 Å². The fourth-order valence-corrected chi connectivity index (χ4v) is 5.18. The quantitative estimate of drug-likeness (QED) is 0.908. The topological polar surface area (TPSA) is 71.4 Å². The van der Waals surface area contributed by atoms with Gasteiger partial charge in [-0.1, -0.05) is 12.1 Å². The fourth-order valence-electron chi connectivity index (χ4n) is 1.53. The zero-order valence-electron chi connectivity index (χ0n) is 9.54. The number of rotatable bonds is 4. The van der Waals surface area contributed by atoms with Gasteiger partial charge in [-0.05, 0) is 40.2 Å². The van der Waals surface area contributed by atoms with E-state index in [0.29, 0.717) is 9.35 Å². The fraction of sp³-hybridized carbons (Fsp3) is 0.0833. The predicted octanol–water partition coefficient (Wildman–Crippen LogP) is 3.18. The van der Waals surface area contributed by atoms with Gasteiger partial charge >= 0.3 is 5.97 Å². The minimum absolute atomic E-state index is 0.136. The molecule has 0 spiro atoms. The number of carbonyl (C=O) groups is 1. The molecule has 0 saturated carbocycles. The smallest absolute Gasteiger partial charge is 0.345 e. The van der Waals surface area contributed by atoms with Gasteiger partial charge in [-0.15, -0.1) is 11.3 Å². The SMILES string of the molecule is O=C(O)c1ccc(CS(=O)(=O)c2ccccc2Br)s1. The molecule has 0 fully saturated rings. The number of hydrogen-bond acceptors (Lipinski definition) is 4. The first-order chi connectivity index (χ1) is 8.90.